The standard InChI is InChI=1S/C23H35ClN2/c1-6-20(17(5)15-18-13-14-18)22(21(24)7-2)26-23(16(3)4)25-19-11-9-8-10-12-19/h6-7,18-19,25H,1,8-15H2,2-5H3/b20-17?,21-7+,26-22?. The Morgan fingerprint density at radius 1 is 1.12 bits per heavy atom. The molecule has 26 heavy (non-hydrogen) atoms. The fourth-order valence-corrected chi connectivity index (χ4v) is 3.70. The quantitative estimate of drug-likeness (QED) is 0.357. The first kappa shape index (κ1) is 21.0. The van der Waals surface area contributed by atoms with Gasteiger partial charge in [0.2, 0.25) is 0 Å². The molecule has 2 aliphatic rings. The van der Waals surface area contributed by atoms with Gasteiger partial charge in [0.05, 0.1) is 10.7 Å². The van der Waals surface area contributed by atoms with Crippen LogP contribution >= 0.6 is 11.6 Å². The predicted octanol–water partition coefficient (Wildman–Crippen LogP) is 7.05. The molecule has 0 unspecified atom stereocenters. The Morgan fingerprint density at radius 2 is 1.77 bits per heavy atom. The van der Waals surface area contributed by atoms with Crippen LogP contribution in [0.25, 0.3) is 0 Å². The molecule has 0 spiro atoms. The highest BCUT2D eigenvalue weighted by atomic mass is 35.5. The van der Waals surface area contributed by atoms with Gasteiger partial charge in [-0.25, -0.2) is 4.99 Å². The lowest BCUT2D eigenvalue weighted by atomic mass is 9.95. The third kappa shape index (κ3) is 6.16. The summed E-state index contributed by atoms with van der Waals surface area (Å²) in [5.74, 6) is 1.80. The van der Waals surface area contributed by atoms with E-state index in [0.29, 0.717) is 11.1 Å². The van der Waals surface area contributed by atoms with Gasteiger partial charge in [-0.3, -0.25) is 0 Å². The fraction of sp³-hybridized carbons (Fsp3) is 0.609. The molecule has 0 aromatic heterocycles. The van der Waals surface area contributed by atoms with Crippen molar-refractivity contribution in [2.75, 3.05) is 0 Å². The highest BCUT2D eigenvalue weighted by Gasteiger charge is 2.23. The number of nitrogens with zero attached hydrogens (tertiary/aromatic N) is 1. The van der Waals surface area contributed by atoms with Crippen LogP contribution in [0.1, 0.15) is 79.1 Å². The molecular weight excluding hydrogens is 340 g/mol. The average Bonchev–Trinajstić information content (AvgIpc) is 3.44. The second-order valence-corrected chi connectivity index (χ2v) is 8.38. The van der Waals surface area contributed by atoms with Crippen molar-refractivity contribution in [3.63, 3.8) is 0 Å². The monoisotopic (exact) mass is 374 g/mol. The number of hydrogen-bond donors (Lipinski definition) is 1. The zero-order chi connectivity index (χ0) is 19.1. The van der Waals surface area contributed by atoms with E-state index in [1.165, 1.54) is 56.1 Å². The van der Waals surface area contributed by atoms with Gasteiger partial charge in [-0.05, 0) is 71.3 Å². The number of nitrogens with one attached hydrogen (secondary N) is 1. The molecule has 0 amide bonds. The fourth-order valence-electron chi connectivity index (χ4n) is 3.56. The first-order chi connectivity index (χ1) is 12.5. The van der Waals surface area contributed by atoms with Crippen LogP contribution in [0.15, 0.2) is 51.3 Å². The minimum absolute atomic E-state index is 0.520. The molecule has 2 aliphatic carbocycles. The van der Waals surface area contributed by atoms with Crippen LogP contribution < -0.4 is 5.32 Å². The van der Waals surface area contributed by atoms with E-state index in [1.807, 2.05) is 19.1 Å². The first-order valence-electron chi connectivity index (χ1n) is 10.1. The van der Waals surface area contributed by atoms with Crippen LogP contribution in [0.2, 0.25) is 0 Å². The molecule has 0 bridgehead atoms. The molecule has 0 saturated heterocycles. The summed E-state index contributed by atoms with van der Waals surface area (Å²) in [5.41, 5.74) is 4.47. The summed E-state index contributed by atoms with van der Waals surface area (Å²) in [7, 11) is 0. The molecule has 0 radical (unpaired) electrons. The van der Waals surface area contributed by atoms with Crippen LogP contribution in [-0.4, -0.2) is 11.8 Å². The number of hydrogen-bond acceptors (Lipinski definition) is 2. The Hall–Kier alpha value is -1.28. The molecular formula is C23H35ClN2. The number of allylic oxidation sites excluding steroid dienone is 6. The third-order valence-corrected chi connectivity index (χ3v) is 5.73. The van der Waals surface area contributed by atoms with E-state index in [1.54, 1.807) is 0 Å². The Labute approximate surface area is 165 Å². The van der Waals surface area contributed by atoms with E-state index < -0.39 is 0 Å². The maximum atomic E-state index is 6.59. The average molecular weight is 375 g/mol. The van der Waals surface area contributed by atoms with Gasteiger partial charge in [-0.1, -0.05) is 55.2 Å². The van der Waals surface area contributed by atoms with Crippen molar-refractivity contribution in [1.29, 1.82) is 0 Å². The lowest BCUT2D eigenvalue weighted by Crippen LogP contribution is -2.30. The Morgan fingerprint density at radius 3 is 2.27 bits per heavy atom. The SMILES string of the molecule is C=CC(C(=NC(NC1CCCCC1)=C(C)C)/C(Cl)=C\C)=C(C)CC1CC1. The Kier molecular flexibility index (Phi) is 8.21. The molecule has 144 valence electrons. The summed E-state index contributed by atoms with van der Waals surface area (Å²) < 4.78 is 0. The number of rotatable bonds is 8. The van der Waals surface area contributed by atoms with Gasteiger partial charge in [-0.2, -0.15) is 0 Å². The third-order valence-electron chi connectivity index (χ3n) is 5.33. The summed E-state index contributed by atoms with van der Waals surface area (Å²) in [4.78, 5) is 5.02. The zero-order valence-electron chi connectivity index (χ0n) is 17.0. The van der Waals surface area contributed by atoms with E-state index in [4.69, 9.17) is 16.6 Å². The van der Waals surface area contributed by atoms with Crippen LogP contribution in [0.3, 0.4) is 0 Å². The van der Waals surface area contributed by atoms with Gasteiger partial charge in [0.15, 0.2) is 0 Å². The minimum Gasteiger partial charge on any atom is -0.367 e. The van der Waals surface area contributed by atoms with E-state index >= 15 is 0 Å². The van der Waals surface area contributed by atoms with E-state index in [2.05, 4.69) is 32.7 Å². The van der Waals surface area contributed by atoms with E-state index in [9.17, 15) is 0 Å². The molecule has 2 saturated carbocycles. The zero-order valence-corrected chi connectivity index (χ0v) is 17.8. The lowest BCUT2D eigenvalue weighted by Gasteiger charge is -2.25. The molecule has 0 aliphatic heterocycles. The maximum Gasteiger partial charge on any atom is 0.125 e. The molecule has 0 aromatic rings. The van der Waals surface area contributed by atoms with Crippen molar-refractivity contribution in [3.8, 4) is 0 Å². The van der Waals surface area contributed by atoms with Crippen LogP contribution in [0.4, 0.5) is 0 Å². The van der Waals surface area contributed by atoms with E-state index in [-0.39, 0.29) is 0 Å². The van der Waals surface area contributed by atoms with Crippen LogP contribution in [-0.2, 0) is 0 Å². The predicted molar refractivity (Wildman–Crippen MR) is 116 cm³/mol. The molecule has 0 heterocycles. The number of aliphatic imine (C=N–C) groups is 1. The summed E-state index contributed by atoms with van der Waals surface area (Å²) in [6, 6.07) is 0.520. The van der Waals surface area contributed by atoms with Crippen LogP contribution in [0.5, 0.6) is 0 Å². The smallest absolute Gasteiger partial charge is 0.125 e. The van der Waals surface area contributed by atoms with Gasteiger partial charge in [0, 0.05) is 11.6 Å². The number of halogens is 1. The minimum atomic E-state index is 0.520. The summed E-state index contributed by atoms with van der Waals surface area (Å²) in [6.45, 7) is 12.4. The second kappa shape index (κ2) is 10.2. The normalized spacial score (nSPS) is 20.5. The Balaban J connectivity index is 2.35. The molecule has 3 heteroatoms. The molecule has 2 fully saturated rings. The topological polar surface area (TPSA) is 24.4 Å². The maximum absolute atomic E-state index is 6.59. The summed E-state index contributed by atoms with van der Waals surface area (Å²) in [5, 5.41) is 4.38. The summed E-state index contributed by atoms with van der Waals surface area (Å²) in [6.07, 6.45) is 14.1. The van der Waals surface area contributed by atoms with Crippen LogP contribution in [0, 0.1) is 5.92 Å². The van der Waals surface area contributed by atoms with Gasteiger partial charge >= 0.3 is 0 Å². The van der Waals surface area contributed by atoms with Gasteiger partial charge < -0.3 is 5.32 Å². The molecule has 0 atom stereocenters. The van der Waals surface area contributed by atoms with Crippen molar-refractivity contribution in [2.24, 2.45) is 10.9 Å². The molecule has 1 N–H and O–H groups in total. The molecule has 2 nitrogen and oxygen atoms in total. The molecule has 0 aromatic carbocycles. The highest BCUT2D eigenvalue weighted by Crippen LogP contribution is 2.36. The highest BCUT2D eigenvalue weighted by molar-refractivity contribution is 6.46. The van der Waals surface area contributed by atoms with E-state index in [0.717, 1.165) is 29.4 Å². The van der Waals surface area contributed by atoms with Crippen molar-refractivity contribution in [3.05, 3.63) is 46.3 Å². The van der Waals surface area contributed by atoms with Gasteiger partial charge in [-0.15, -0.1) is 0 Å². The second-order valence-electron chi connectivity index (χ2n) is 7.97. The van der Waals surface area contributed by atoms with Gasteiger partial charge in [0.1, 0.15) is 5.82 Å². The van der Waals surface area contributed by atoms with Crippen molar-refractivity contribution < 1.29 is 0 Å². The Bertz CT molecular complexity index is 623. The molecule has 2 rings (SSSR count). The summed E-state index contributed by atoms with van der Waals surface area (Å²) >= 11 is 6.59. The van der Waals surface area contributed by atoms with Crippen molar-refractivity contribution >= 4 is 17.3 Å². The largest absolute Gasteiger partial charge is 0.367 e. The van der Waals surface area contributed by atoms with Gasteiger partial charge in [0.25, 0.3) is 0 Å². The first-order valence-corrected chi connectivity index (χ1v) is 10.5. The van der Waals surface area contributed by atoms with Crippen molar-refractivity contribution in [1.82, 2.24) is 5.32 Å². The van der Waals surface area contributed by atoms with Crippen molar-refractivity contribution in [2.45, 2.75) is 85.1 Å². The lowest BCUT2D eigenvalue weighted by molar-refractivity contribution is 0.394.